The normalized spacial score (nSPS) is 11.9. The molecule has 0 aliphatic rings. The van der Waals surface area contributed by atoms with Gasteiger partial charge in [0.2, 0.25) is 0 Å². The first-order chi connectivity index (χ1) is 11.2. The van der Waals surface area contributed by atoms with Crippen molar-refractivity contribution in [1.29, 1.82) is 0 Å². The van der Waals surface area contributed by atoms with Gasteiger partial charge in [-0.05, 0) is 48.0 Å². The average Bonchev–Trinajstić information content (AvgIpc) is 3.05. The predicted molar refractivity (Wildman–Crippen MR) is 95.9 cm³/mol. The van der Waals surface area contributed by atoms with E-state index in [4.69, 9.17) is 11.6 Å². The Morgan fingerprint density at radius 1 is 1.22 bits per heavy atom. The van der Waals surface area contributed by atoms with Gasteiger partial charge in [0.05, 0.1) is 12.4 Å². The largest absolute Gasteiger partial charge is 0.362 e. The van der Waals surface area contributed by atoms with Crippen LogP contribution in [0.5, 0.6) is 0 Å². The fraction of sp³-hybridized carbons (Fsp3) is 0.105. The third-order valence-corrected chi connectivity index (χ3v) is 4.06. The van der Waals surface area contributed by atoms with E-state index in [0.717, 1.165) is 21.8 Å². The van der Waals surface area contributed by atoms with Crippen LogP contribution in [0.1, 0.15) is 22.7 Å². The van der Waals surface area contributed by atoms with Crippen molar-refractivity contribution < 1.29 is 0 Å². The van der Waals surface area contributed by atoms with E-state index in [1.807, 2.05) is 30.7 Å². The van der Waals surface area contributed by atoms with Crippen molar-refractivity contribution in [2.24, 2.45) is 0 Å². The van der Waals surface area contributed by atoms with Gasteiger partial charge >= 0.3 is 0 Å². The van der Waals surface area contributed by atoms with Crippen LogP contribution in [-0.4, -0.2) is 9.55 Å². The summed E-state index contributed by atoms with van der Waals surface area (Å²) in [6.45, 7) is 5.82. The lowest BCUT2D eigenvalue weighted by atomic mass is 9.96. The minimum Gasteiger partial charge on any atom is -0.362 e. The zero-order valence-electron chi connectivity index (χ0n) is 12.9. The van der Waals surface area contributed by atoms with Gasteiger partial charge in [0.15, 0.2) is 0 Å². The van der Waals surface area contributed by atoms with E-state index in [1.54, 1.807) is 12.4 Å². The molecule has 0 aliphatic heterocycles. The van der Waals surface area contributed by atoms with Gasteiger partial charge in [-0.15, -0.1) is 0 Å². The van der Waals surface area contributed by atoms with Crippen LogP contribution in [0.25, 0.3) is 0 Å². The lowest BCUT2D eigenvalue weighted by Gasteiger charge is -2.21. The Hall–Kier alpha value is -2.52. The molecule has 23 heavy (non-hydrogen) atoms. The van der Waals surface area contributed by atoms with Crippen molar-refractivity contribution in [1.82, 2.24) is 9.55 Å². The fourth-order valence-corrected chi connectivity index (χ4v) is 2.91. The molecule has 0 bridgehead atoms. The molecule has 1 heterocycles. The molecule has 3 aromatic rings. The molecule has 0 spiro atoms. The van der Waals surface area contributed by atoms with Gasteiger partial charge in [0.1, 0.15) is 0 Å². The number of benzene rings is 2. The van der Waals surface area contributed by atoms with E-state index in [0.29, 0.717) is 0 Å². The van der Waals surface area contributed by atoms with Crippen molar-refractivity contribution in [2.45, 2.75) is 13.0 Å². The summed E-state index contributed by atoms with van der Waals surface area (Å²) in [5, 5.41) is 3.92. The van der Waals surface area contributed by atoms with E-state index in [-0.39, 0.29) is 6.04 Å². The van der Waals surface area contributed by atoms with Gasteiger partial charge in [-0.1, -0.05) is 42.4 Å². The van der Waals surface area contributed by atoms with E-state index < -0.39 is 0 Å². The topological polar surface area (TPSA) is 29.9 Å². The summed E-state index contributed by atoms with van der Waals surface area (Å²) in [5.41, 5.74) is 4.48. The van der Waals surface area contributed by atoms with Gasteiger partial charge in [-0.3, -0.25) is 0 Å². The third kappa shape index (κ3) is 3.30. The molecule has 1 atom stereocenters. The van der Waals surface area contributed by atoms with E-state index in [9.17, 15) is 0 Å². The first-order valence-corrected chi connectivity index (χ1v) is 7.77. The van der Waals surface area contributed by atoms with Crippen molar-refractivity contribution in [3.63, 3.8) is 0 Å². The molecule has 4 heteroatoms. The second-order valence-electron chi connectivity index (χ2n) is 5.39. The molecule has 3 nitrogen and oxygen atoms in total. The summed E-state index contributed by atoms with van der Waals surface area (Å²) in [6, 6.07) is 14.3. The number of hydrogen-bond acceptors (Lipinski definition) is 2. The van der Waals surface area contributed by atoms with Crippen LogP contribution >= 0.6 is 11.6 Å². The van der Waals surface area contributed by atoms with Gasteiger partial charge in [0, 0.05) is 23.1 Å². The molecule has 1 unspecified atom stereocenters. The lowest BCUT2D eigenvalue weighted by Crippen LogP contribution is -2.11. The lowest BCUT2D eigenvalue weighted by molar-refractivity contribution is 0.677. The maximum atomic E-state index is 6.19. The number of hydrogen-bond donors (Lipinski definition) is 1. The number of nitrogens with one attached hydrogen (secondary N) is 1. The zero-order valence-corrected chi connectivity index (χ0v) is 13.7. The zero-order chi connectivity index (χ0) is 16.2. The predicted octanol–water partition coefficient (Wildman–Crippen LogP) is 5.04. The highest BCUT2D eigenvalue weighted by atomic mass is 35.5. The van der Waals surface area contributed by atoms with Crippen molar-refractivity contribution in [3.8, 4) is 0 Å². The number of halogens is 1. The number of anilines is 1. The summed E-state index contributed by atoms with van der Waals surface area (Å²) < 4.78 is 2.08. The Labute approximate surface area is 141 Å². The standard InChI is InChI=1S/C19H18ClN3/c1-3-22-18-12-16(8-7-14(18)2)19(23-10-9-21-13-23)15-5-4-6-17(20)11-15/h3-13,19,22H,1H2,2H3. The number of aryl methyl sites for hydroxylation is 1. The van der Waals surface area contributed by atoms with E-state index in [1.165, 1.54) is 5.56 Å². The summed E-state index contributed by atoms with van der Waals surface area (Å²) >= 11 is 6.19. The summed E-state index contributed by atoms with van der Waals surface area (Å²) in [6.07, 6.45) is 7.27. The molecule has 0 saturated carbocycles. The number of nitrogens with zero attached hydrogens (tertiary/aromatic N) is 2. The molecule has 0 fully saturated rings. The molecule has 2 aromatic carbocycles. The summed E-state index contributed by atoms with van der Waals surface area (Å²) in [5.74, 6) is 0. The Balaban J connectivity index is 2.13. The van der Waals surface area contributed by atoms with Crippen molar-refractivity contribution in [3.05, 3.63) is 95.7 Å². The maximum absolute atomic E-state index is 6.19. The number of rotatable bonds is 5. The Bertz CT molecular complexity index is 809. The van der Waals surface area contributed by atoms with Gasteiger partial charge < -0.3 is 9.88 Å². The minimum atomic E-state index is 0.0159. The first kappa shape index (κ1) is 15.4. The quantitative estimate of drug-likeness (QED) is 0.713. The van der Waals surface area contributed by atoms with Gasteiger partial charge in [-0.2, -0.15) is 0 Å². The SMILES string of the molecule is C=CNc1cc(C(c2cccc(Cl)c2)n2ccnc2)ccc1C. The van der Waals surface area contributed by atoms with E-state index >= 15 is 0 Å². The van der Waals surface area contributed by atoms with Crippen LogP contribution in [0.2, 0.25) is 5.02 Å². The first-order valence-electron chi connectivity index (χ1n) is 7.40. The molecule has 0 amide bonds. The van der Waals surface area contributed by atoms with Crippen LogP contribution in [0.3, 0.4) is 0 Å². The molecule has 0 aliphatic carbocycles. The molecule has 116 valence electrons. The highest BCUT2D eigenvalue weighted by Crippen LogP contribution is 2.31. The molecule has 0 saturated heterocycles. The molecule has 0 radical (unpaired) electrons. The molecule has 1 aromatic heterocycles. The van der Waals surface area contributed by atoms with Crippen molar-refractivity contribution in [2.75, 3.05) is 5.32 Å². The van der Waals surface area contributed by atoms with Crippen LogP contribution in [0.15, 0.2) is 74.0 Å². The second kappa shape index (κ2) is 6.71. The smallest absolute Gasteiger partial charge is 0.0954 e. The fourth-order valence-electron chi connectivity index (χ4n) is 2.71. The van der Waals surface area contributed by atoms with Gasteiger partial charge in [-0.25, -0.2) is 4.98 Å². The molecular weight excluding hydrogens is 306 g/mol. The minimum absolute atomic E-state index is 0.0159. The van der Waals surface area contributed by atoms with Crippen LogP contribution in [0, 0.1) is 6.92 Å². The van der Waals surface area contributed by atoms with Crippen LogP contribution in [-0.2, 0) is 0 Å². The van der Waals surface area contributed by atoms with Gasteiger partial charge in [0.25, 0.3) is 0 Å². The second-order valence-corrected chi connectivity index (χ2v) is 5.83. The summed E-state index contributed by atoms with van der Waals surface area (Å²) in [7, 11) is 0. The molecular formula is C19H18ClN3. The average molecular weight is 324 g/mol. The Kier molecular flexibility index (Phi) is 4.49. The monoisotopic (exact) mass is 323 g/mol. The third-order valence-electron chi connectivity index (χ3n) is 3.82. The number of imidazole rings is 1. The van der Waals surface area contributed by atoms with Crippen molar-refractivity contribution >= 4 is 17.3 Å². The highest BCUT2D eigenvalue weighted by Gasteiger charge is 2.17. The molecule has 1 N–H and O–H groups in total. The number of aromatic nitrogens is 2. The molecule has 3 rings (SSSR count). The highest BCUT2D eigenvalue weighted by molar-refractivity contribution is 6.30. The Morgan fingerprint density at radius 3 is 2.74 bits per heavy atom. The summed E-state index contributed by atoms with van der Waals surface area (Å²) in [4.78, 5) is 4.19. The van der Waals surface area contributed by atoms with E-state index in [2.05, 4.69) is 52.6 Å². The van der Waals surface area contributed by atoms with Crippen LogP contribution < -0.4 is 5.32 Å². The van der Waals surface area contributed by atoms with Crippen LogP contribution in [0.4, 0.5) is 5.69 Å². The maximum Gasteiger partial charge on any atom is 0.0954 e. The Morgan fingerprint density at radius 2 is 2.04 bits per heavy atom.